The second kappa shape index (κ2) is 10.2. The second-order valence-electron chi connectivity index (χ2n) is 9.63. The van der Waals surface area contributed by atoms with Gasteiger partial charge in [-0.1, -0.05) is 18.2 Å². The highest BCUT2D eigenvalue weighted by atomic mass is 19.1. The lowest BCUT2D eigenvalue weighted by Gasteiger charge is -2.25. The molecule has 1 saturated heterocycles. The smallest absolute Gasteiger partial charge is 0.251 e. The molecule has 2 aliphatic rings. The average Bonchev–Trinajstić information content (AvgIpc) is 2.85. The predicted octanol–water partition coefficient (Wildman–Crippen LogP) is 4.04. The third-order valence-electron chi connectivity index (χ3n) is 6.67. The van der Waals surface area contributed by atoms with Gasteiger partial charge in [0.05, 0.1) is 13.2 Å². The number of halogens is 1. The first-order chi connectivity index (χ1) is 17.4. The lowest BCUT2D eigenvalue weighted by atomic mass is 9.93. The summed E-state index contributed by atoms with van der Waals surface area (Å²) in [6, 6.07) is 13.1. The Morgan fingerprint density at radius 3 is 2.61 bits per heavy atom. The summed E-state index contributed by atoms with van der Waals surface area (Å²) in [6.45, 7) is 2.64. The standard InChI is InChI=1S/C28H31FN4O3/c1-33(2)16-20-14-17(4-6-25(20)36-21-8-11-35-12-9-21)23-15-24(27(30)32-26(23)29)18-3-5-22-19(13-18)7-10-31-28(22)34/h3-6,13-15,21H,7-12,16H2,1-2H3,(H2,30,32)(H,31,34). The van der Waals surface area contributed by atoms with Crippen molar-refractivity contribution in [2.45, 2.75) is 31.9 Å². The number of nitrogens with one attached hydrogen (secondary N) is 1. The van der Waals surface area contributed by atoms with Gasteiger partial charge in [-0.15, -0.1) is 0 Å². The number of anilines is 1. The molecule has 2 aromatic carbocycles. The number of carbonyl (C=O) groups excluding carboxylic acids is 1. The van der Waals surface area contributed by atoms with Gasteiger partial charge in [0.1, 0.15) is 17.7 Å². The number of aromatic nitrogens is 1. The Bertz CT molecular complexity index is 1290. The van der Waals surface area contributed by atoms with Crippen LogP contribution < -0.4 is 15.8 Å². The van der Waals surface area contributed by atoms with Crippen LogP contribution in [0.2, 0.25) is 0 Å². The minimum Gasteiger partial charge on any atom is -0.490 e. The van der Waals surface area contributed by atoms with Gasteiger partial charge in [0.25, 0.3) is 5.91 Å². The predicted molar refractivity (Wildman–Crippen MR) is 137 cm³/mol. The van der Waals surface area contributed by atoms with Crippen molar-refractivity contribution < 1.29 is 18.7 Å². The van der Waals surface area contributed by atoms with Crippen molar-refractivity contribution in [2.24, 2.45) is 0 Å². The first kappa shape index (κ1) is 24.2. The molecule has 5 rings (SSSR count). The molecule has 0 aliphatic carbocycles. The van der Waals surface area contributed by atoms with E-state index in [0.29, 0.717) is 48.6 Å². The van der Waals surface area contributed by atoms with Gasteiger partial charge in [0, 0.05) is 48.2 Å². The molecule has 0 radical (unpaired) electrons. The number of nitrogen functional groups attached to an aromatic ring is 1. The minimum absolute atomic E-state index is 0.0785. The van der Waals surface area contributed by atoms with E-state index in [1.54, 1.807) is 12.1 Å². The van der Waals surface area contributed by atoms with E-state index in [4.69, 9.17) is 15.2 Å². The highest BCUT2D eigenvalue weighted by Crippen LogP contribution is 2.35. The number of pyridine rings is 1. The fourth-order valence-electron chi connectivity index (χ4n) is 4.83. The number of carbonyl (C=O) groups is 1. The molecule has 0 spiro atoms. The third-order valence-corrected chi connectivity index (χ3v) is 6.67. The number of nitrogens with two attached hydrogens (primary N) is 1. The SMILES string of the molecule is CN(C)Cc1cc(-c2cc(-c3ccc4c(c3)CCNC4=O)c(N)nc2F)ccc1OC1CCOCC1. The van der Waals surface area contributed by atoms with Gasteiger partial charge in [-0.05, 0) is 61.5 Å². The van der Waals surface area contributed by atoms with Crippen LogP contribution in [0.15, 0.2) is 42.5 Å². The van der Waals surface area contributed by atoms with Crippen LogP contribution in [-0.4, -0.2) is 55.7 Å². The molecule has 2 aliphatic heterocycles. The molecule has 36 heavy (non-hydrogen) atoms. The Morgan fingerprint density at radius 1 is 1.08 bits per heavy atom. The van der Waals surface area contributed by atoms with Crippen LogP contribution in [0, 0.1) is 5.95 Å². The van der Waals surface area contributed by atoms with Gasteiger partial charge in [-0.2, -0.15) is 4.39 Å². The first-order valence-corrected chi connectivity index (χ1v) is 12.3. The van der Waals surface area contributed by atoms with Crippen LogP contribution in [0.3, 0.4) is 0 Å². The van der Waals surface area contributed by atoms with E-state index < -0.39 is 5.95 Å². The number of amides is 1. The number of hydrogen-bond donors (Lipinski definition) is 2. The molecule has 7 nitrogen and oxygen atoms in total. The Balaban J connectivity index is 1.52. The van der Waals surface area contributed by atoms with E-state index in [-0.39, 0.29) is 17.8 Å². The zero-order valence-corrected chi connectivity index (χ0v) is 20.6. The van der Waals surface area contributed by atoms with Crippen molar-refractivity contribution in [2.75, 3.05) is 39.6 Å². The molecule has 0 bridgehead atoms. The fraction of sp³-hybridized carbons (Fsp3) is 0.357. The number of fused-ring (bicyclic) bond motifs is 1. The molecule has 3 aromatic rings. The molecule has 1 amide bonds. The summed E-state index contributed by atoms with van der Waals surface area (Å²) in [6.07, 6.45) is 2.55. The van der Waals surface area contributed by atoms with E-state index in [9.17, 15) is 4.79 Å². The lowest BCUT2D eigenvalue weighted by Crippen LogP contribution is -2.31. The molecule has 1 fully saturated rings. The van der Waals surface area contributed by atoms with Crippen molar-refractivity contribution in [3.63, 3.8) is 0 Å². The normalized spacial score (nSPS) is 16.1. The van der Waals surface area contributed by atoms with E-state index in [0.717, 1.165) is 41.7 Å². The van der Waals surface area contributed by atoms with Crippen LogP contribution in [-0.2, 0) is 17.7 Å². The third kappa shape index (κ3) is 5.05. The van der Waals surface area contributed by atoms with Crippen LogP contribution in [0.25, 0.3) is 22.3 Å². The Kier molecular flexibility index (Phi) is 6.89. The maximum atomic E-state index is 15.1. The molecular formula is C28H31FN4O3. The lowest BCUT2D eigenvalue weighted by molar-refractivity contribution is 0.0250. The highest BCUT2D eigenvalue weighted by Gasteiger charge is 2.21. The van der Waals surface area contributed by atoms with Gasteiger partial charge in [-0.3, -0.25) is 4.79 Å². The molecule has 3 N–H and O–H groups in total. The fourth-order valence-corrected chi connectivity index (χ4v) is 4.83. The zero-order valence-electron chi connectivity index (χ0n) is 20.6. The Labute approximate surface area is 210 Å². The molecule has 8 heteroatoms. The van der Waals surface area contributed by atoms with E-state index in [2.05, 4.69) is 15.2 Å². The second-order valence-corrected chi connectivity index (χ2v) is 9.63. The van der Waals surface area contributed by atoms with Crippen molar-refractivity contribution in [3.8, 4) is 28.0 Å². The summed E-state index contributed by atoms with van der Waals surface area (Å²) in [4.78, 5) is 18.2. The quantitative estimate of drug-likeness (QED) is 0.507. The summed E-state index contributed by atoms with van der Waals surface area (Å²) in [7, 11) is 3.98. The van der Waals surface area contributed by atoms with Gasteiger partial charge in [-0.25, -0.2) is 4.98 Å². The number of hydrogen-bond acceptors (Lipinski definition) is 6. The molecule has 0 unspecified atom stereocenters. The van der Waals surface area contributed by atoms with Crippen LogP contribution in [0.4, 0.5) is 10.2 Å². The van der Waals surface area contributed by atoms with Crippen LogP contribution in [0.5, 0.6) is 5.75 Å². The van der Waals surface area contributed by atoms with Crippen molar-refractivity contribution in [3.05, 3.63) is 65.1 Å². The van der Waals surface area contributed by atoms with Crippen molar-refractivity contribution in [1.29, 1.82) is 0 Å². The number of benzene rings is 2. The highest BCUT2D eigenvalue weighted by molar-refractivity contribution is 5.97. The summed E-state index contributed by atoms with van der Waals surface area (Å²) in [5, 5.41) is 2.85. The Morgan fingerprint density at radius 2 is 1.83 bits per heavy atom. The maximum Gasteiger partial charge on any atom is 0.251 e. The van der Waals surface area contributed by atoms with E-state index >= 15 is 4.39 Å². The van der Waals surface area contributed by atoms with Crippen LogP contribution in [0.1, 0.15) is 34.3 Å². The van der Waals surface area contributed by atoms with Gasteiger partial charge in [0.15, 0.2) is 0 Å². The Hall–Kier alpha value is -3.49. The molecular weight excluding hydrogens is 459 g/mol. The van der Waals surface area contributed by atoms with Gasteiger partial charge < -0.3 is 25.4 Å². The summed E-state index contributed by atoms with van der Waals surface area (Å²) >= 11 is 0. The monoisotopic (exact) mass is 490 g/mol. The summed E-state index contributed by atoms with van der Waals surface area (Å²) in [5.74, 6) is 0.216. The van der Waals surface area contributed by atoms with Crippen molar-refractivity contribution in [1.82, 2.24) is 15.2 Å². The number of rotatable bonds is 6. The first-order valence-electron chi connectivity index (χ1n) is 12.3. The van der Waals surface area contributed by atoms with E-state index in [1.807, 2.05) is 44.4 Å². The van der Waals surface area contributed by atoms with Crippen LogP contribution >= 0.6 is 0 Å². The number of ether oxygens (including phenoxy) is 2. The molecule has 1 aromatic heterocycles. The summed E-state index contributed by atoms with van der Waals surface area (Å²) in [5.41, 5.74) is 11.3. The van der Waals surface area contributed by atoms with E-state index in [1.165, 1.54) is 0 Å². The molecule has 3 heterocycles. The minimum atomic E-state index is -0.623. The largest absolute Gasteiger partial charge is 0.490 e. The van der Waals surface area contributed by atoms with Gasteiger partial charge >= 0.3 is 0 Å². The number of nitrogens with zero attached hydrogens (tertiary/aromatic N) is 2. The topological polar surface area (TPSA) is 89.7 Å². The summed E-state index contributed by atoms with van der Waals surface area (Å²) < 4.78 is 26.9. The van der Waals surface area contributed by atoms with Crippen molar-refractivity contribution >= 4 is 11.7 Å². The molecule has 188 valence electrons. The van der Waals surface area contributed by atoms with Gasteiger partial charge in [0.2, 0.25) is 5.95 Å². The molecule has 0 atom stereocenters. The average molecular weight is 491 g/mol. The zero-order chi connectivity index (χ0) is 25.2. The maximum absolute atomic E-state index is 15.1. The molecule has 0 saturated carbocycles.